The first-order chi connectivity index (χ1) is 23.3. The molecule has 0 aromatic heterocycles. The van der Waals surface area contributed by atoms with Gasteiger partial charge < -0.3 is 40.2 Å². The van der Waals surface area contributed by atoms with Gasteiger partial charge in [-0.05, 0) is 136 Å². The van der Waals surface area contributed by atoms with Crippen molar-refractivity contribution in [2.45, 2.75) is 193 Å². The molecule has 5 unspecified atom stereocenters. The van der Waals surface area contributed by atoms with Crippen LogP contribution in [0.25, 0.3) is 0 Å². The van der Waals surface area contributed by atoms with E-state index in [1.54, 1.807) is 0 Å². The molecule has 4 heterocycles. The topological polar surface area (TPSA) is 153 Å². The molecule has 0 aromatic rings. The molecule has 4 fully saturated rings. The number of carbonyl (C=O) groups excluding carboxylic acids is 4. The average Bonchev–Trinajstić information content (AvgIpc) is 3.50. The Hall–Kier alpha value is -2.28. The van der Waals surface area contributed by atoms with Crippen LogP contribution in [0.3, 0.4) is 0 Å². The summed E-state index contributed by atoms with van der Waals surface area (Å²) in [5, 5.41) is 14.1. The highest BCUT2D eigenvalue weighted by molar-refractivity contribution is 5.78. The van der Waals surface area contributed by atoms with Crippen molar-refractivity contribution < 1.29 is 38.1 Å². The zero-order valence-corrected chi connectivity index (χ0v) is 35.0. The second-order valence-corrected chi connectivity index (χ2v) is 21.2. The van der Waals surface area contributed by atoms with Gasteiger partial charge in [0.05, 0.1) is 23.7 Å². The van der Waals surface area contributed by atoms with Crippen LogP contribution in [0.2, 0.25) is 0 Å². The van der Waals surface area contributed by atoms with Gasteiger partial charge in [-0.25, -0.2) is 0 Å². The number of hydrogen-bond donors (Lipinski definition) is 4. The van der Waals surface area contributed by atoms with Crippen LogP contribution in [0, 0.1) is 23.7 Å². The van der Waals surface area contributed by atoms with E-state index in [1.807, 2.05) is 111 Å². The van der Waals surface area contributed by atoms with Gasteiger partial charge in [0.2, 0.25) is 0 Å². The van der Waals surface area contributed by atoms with Gasteiger partial charge in [-0.1, -0.05) is 0 Å². The Morgan fingerprint density at radius 1 is 0.423 bits per heavy atom. The molecule has 0 radical (unpaired) electrons. The van der Waals surface area contributed by atoms with Crippen LogP contribution < -0.4 is 21.3 Å². The number of esters is 4. The smallest absolute Gasteiger partial charge is 0.311 e. The van der Waals surface area contributed by atoms with Gasteiger partial charge in [-0.15, -0.1) is 0 Å². The third-order valence-corrected chi connectivity index (χ3v) is 11.9. The summed E-state index contributed by atoms with van der Waals surface area (Å²) in [7, 11) is 0. The lowest BCUT2D eigenvalue weighted by Gasteiger charge is -2.33. The lowest BCUT2D eigenvalue weighted by Crippen LogP contribution is -2.51. The van der Waals surface area contributed by atoms with Crippen molar-refractivity contribution in [2.24, 2.45) is 23.7 Å². The molecule has 0 spiro atoms. The molecule has 0 amide bonds. The summed E-state index contributed by atoms with van der Waals surface area (Å²) in [6.45, 7) is 31.2. The zero-order chi connectivity index (χ0) is 39.7. The Bertz CT molecular complexity index is 1290. The molecule has 0 bridgehead atoms. The molecule has 4 saturated heterocycles. The van der Waals surface area contributed by atoms with E-state index in [9.17, 15) is 19.2 Å². The van der Waals surface area contributed by atoms with E-state index < -0.39 is 81.9 Å². The molecule has 6 atom stereocenters. The van der Waals surface area contributed by atoms with Crippen LogP contribution in [0.4, 0.5) is 0 Å². The van der Waals surface area contributed by atoms with Crippen LogP contribution >= 0.6 is 0 Å². The van der Waals surface area contributed by atoms with Crippen molar-refractivity contribution in [1.29, 1.82) is 0 Å². The maximum Gasteiger partial charge on any atom is 0.311 e. The molecule has 0 saturated carbocycles. The van der Waals surface area contributed by atoms with Gasteiger partial charge in [0.15, 0.2) is 12.2 Å². The van der Waals surface area contributed by atoms with E-state index in [0.717, 1.165) is 0 Å². The molecule has 0 aromatic carbocycles. The predicted octanol–water partition coefficient (Wildman–Crippen LogP) is 4.56. The largest absolute Gasteiger partial charge is 0.461 e. The fraction of sp³-hybridized carbons (Fsp3) is 0.900. The number of hydrogen-bond acceptors (Lipinski definition) is 12. The standard InChI is InChI=1S/C40H70N4O8/c1-33(2)17-23(37(9,10)41-33)29(45)49-21-27(51-31(47)25-19-35(5,6)43-39(25,13)14)28(52-32(48)26-20-36(7,8)44-40(26,15)16)22-50-30(46)24-18-34(3,4)42-38(24,11)12/h23-28,41-44H,17-22H2,1-16H3/t23?,24?,25-,26?,27?,28?/m0/s1. The minimum Gasteiger partial charge on any atom is -0.461 e. The highest BCUT2D eigenvalue weighted by Crippen LogP contribution is 2.40. The summed E-state index contributed by atoms with van der Waals surface area (Å²) in [6.07, 6.45) is -0.351. The summed E-state index contributed by atoms with van der Waals surface area (Å²) >= 11 is 0. The van der Waals surface area contributed by atoms with Gasteiger partial charge >= 0.3 is 23.9 Å². The van der Waals surface area contributed by atoms with Crippen molar-refractivity contribution in [2.75, 3.05) is 13.2 Å². The molecule has 298 valence electrons. The Kier molecular flexibility index (Phi) is 11.3. The molecule has 12 nitrogen and oxygen atoms in total. The molecule has 12 heteroatoms. The van der Waals surface area contributed by atoms with E-state index >= 15 is 0 Å². The van der Waals surface area contributed by atoms with Crippen LogP contribution in [-0.2, 0) is 38.1 Å². The molecular weight excluding hydrogens is 664 g/mol. The van der Waals surface area contributed by atoms with E-state index in [-0.39, 0.29) is 35.4 Å². The lowest BCUT2D eigenvalue weighted by atomic mass is 9.87. The van der Waals surface area contributed by atoms with Crippen molar-refractivity contribution in [3.8, 4) is 0 Å². The highest BCUT2D eigenvalue weighted by Gasteiger charge is 2.53. The Labute approximate surface area is 312 Å². The summed E-state index contributed by atoms with van der Waals surface area (Å²) < 4.78 is 24.5. The van der Waals surface area contributed by atoms with E-state index in [4.69, 9.17) is 18.9 Å². The van der Waals surface area contributed by atoms with Crippen molar-refractivity contribution >= 4 is 23.9 Å². The fourth-order valence-electron chi connectivity index (χ4n) is 10.0. The van der Waals surface area contributed by atoms with Crippen molar-refractivity contribution in [3.05, 3.63) is 0 Å². The first-order valence-corrected chi connectivity index (χ1v) is 19.2. The van der Waals surface area contributed by atoms with E-state index in [1.165, 1.54) is 0 Å². The maximum absolute atomic E-state index is 14.1. The van der Waals surface area contributed by atoms with Gasteiger partial charge in [-0.3, -0.25) is 19.2 Å². The summed E-state index contributed by atoms with van der Waals surface area (Å²) in [5.41, 5.74) is -3.48. The summed E-state index contributed by atoms with van der Waals surface area (Å²) in [4.78, 5) is 55.7. The number of ether oxygens (including phenoxy) is 4. The quantitative estimate of drug-likeness (QED) is 0.174. The molecular formula is C40H70N4O8. The summed E-state index contributed by atoms with van der Waals surface area (Å²) in [5.74, 6) is -3.92. The van der Waals surface area contributed by atoms with Gasteiger partial charge in [0.1, 0.15) is 13.2 Å². The third kappa shape index (κ3) is 9.68. The highest BCUT2D eigenvalue weighted by atomic mass is 16.6. The molecule has 4 N–H and O–H groups in total. The molecule has 4 aliphatic rings. The SMILES string of the molecule is CC1(C)CC(C(=O)OCC(OC(=O)C2CC(C)(C)NC2(C)C)C(COC(=O)C2CC(C)(C)NC2(C)C)OC(=O)[C@@H]2CC(C)(C)NC2(C)C)C(C)(C)N1. The van der Waals surface area contributed by atoms with Crippen molar-refractivity contribution in [1.82, 2.24) is 21.3 Å². The average molecular weight is 735 g/mol. The third-order valence-electron chi connectivity index (χ3n) is 11.9. The zero-order valence-electron chi connectivity index (χ0n) is 35.0. The molecule has 52 heavy (non-hydrogen) atoms. The first-order valence-electron chi connectivity index (χ1n) is 19.2. The Balaban J connectivity index is 1.66. The Morgan fingerprint density at radius 2 is 0.635 bits per heavy atom. The number of carbonyl (C=O) groups is 4. The van der Waals surface area contributed by atoms with Gasteiger partial charge in [0.25, 0.3) is 0 Å². The first kappa shape index (κ1) is 42.5. The van der Waals surface area contributed by atoms with E-state index in [2.05, 4.69) is 21.3 Å². The van der Waals surface area contributed by atoms with Gasteiger partial charge in [0, 0.05) is 44.3 Å². The van der Waals surface area contributed by atoms with Crippen LogP contribution in [0.5, 0.6) is 0 Å². The Morgan fingerprint density at radius 3 is 0.827 bits per heavy atom. The van der Waals surface area contributed by atoms with Crippen LogP contribution in [-0.4, -0.2) is 93.6 Å². The minimum atomic E-state index is -1.24. The second-order valence-electron chi connectivity index (χ2n) is 21.2. The number of nitrogens with one attached hydrogen (secondary N) is 4. The minimum absolute atomic E-state index is 0.285. The molecule has 4 aliphatic heterocycles. The number of rotatable bonds is 11. The maximum atomic E-state index is 14.1. The monoisotopic (exact) mass is 735 g/mol. The second kappa shape index (κ2) is 13.8. The lowest BCUT2D eigenvalue weighted by molar-refractivity contribution is -0.189. The summed E-state index contributed by atoms with van der Waals surface area (Å²) in [6, 6.07) is 0. The van der Waals surface area contributed by atoms with Crippen LogP contribution in [0.1, 0.15) is 136 Å². The van der Waals surface area contributed by atoms with Gasteiger partial charge in [-0.2, -0.15) is 0 Å². The van der Waals surface area contributed by atoms with Crippen molar-refractivity contribution in [3.63, 3.8) is 0 Å². The molecule has 4 rings (SSSR count). The molecule has 0 aliphatic carbocycles. The van der Waals surface area contributed by atoms with Crippen LogP contribution in [0.15, 0.2) is 0 Å². The van der Waals surface area contributed by atoms with E-state index in [0.29, 0.717) is 25.7 Å². The fourth-order valence-corrected chi connectivity index (χ4v) is 10.0. The normalized spacial score (nSPS) is 32.4. The predicted molar refractivity (Wildman–Crippen MR) is 199 cm³/mol.